The van der Waals surface area contributed by atoms with Gasteiger partial charge in [-0.1, -0.05) is 19.9 Å². The zero-order valence-corrected chi connectivity index (χ0v) is 20.2. The number of rotatable bonds is 9. The second-order valence-corrected chi connectivity index (χ2v) is 8.21. The van der Waals surface area contributed by atoms with Crippen LogP contribution in [0.5, 0.6) is 11.5 Å². The molecule has 11 heteroatoms. The van der Waals surface area contributed by atoms with Gasteiger partial charge in [0.2, 0.25) is 0 Å². The second-order valence-electron chi connectivity index (χ2n) is 8.21. The Morgan fingerprint density at radius 2 is 1.89 bits per heavy atom. The van der Waals surface area contributed by atoms with Crippen LogP contribution in [0.25, 0.3) is 11.0 Å². The molecule has 0 spiro atoms. The van der Waals surface area contributed by atoms with E-state index in [1.54, 1.807) is 33.0 Å². The number of aryl methyl sites for hydroxylation is 1. The predicted octanol–water partition coefficient (Wildman–Crippen LogP) is 3.50. The largest absolute Gasteiger partial charge is 0.490 e. The number of hydrogen-bond donors (Lipinski definition) is 1. The lowest BCUT2D eigenvalue weighted by Gasteiger charge is -2.20. The molecule has 3 rings (SSSR count). The molecule has 1 amide bonds. The summed E-state index contributed by atoms with van der Waals surface area (Å²) in [5, 5.41) is 0.0309. The maximum Gasteiger partial charge on any atom is 0.387 e. The number of aromatic nitrogens is 3. The molecular weight excluding hydrogens is 462 g/mol. The highest BCUT2D eigenvalue weighted by molar-refractivity contribution is 6.05. The van der Waals surface area contributed by atoms with Crippen LogP contribution in [0.2, 0.25) is 0 Å². The molecule has 1 aromatic carbocycles. The molecule has 2 aromatic heterocycles. The Hall–Kier alpha value is -3.76. The van der Waals surface area contributed by atoms with E-state index in [1.807, 2.05) is 13.8 Å². The number of halogens is 2. The number of hydrogen-bond acceptors (Lipinski definition) is 6. The van der Waals surface area contributed by atoms with Crippen molar-refractivity contribution in [3.63, 3.8) is 0 Å². The minimum Gasteiger partial charge on any atom is -0.490 e. The number of benzene rings is 1. The standard InChI is InChI=1S/C24H28F2N4O5/c1-6-30-20-19(21(31)28-24(30)33)15(11-16(27-20)13(3)4)22(32)29(5)12-14-8-9-17(35-23(25)26)18(10-14)34-7-2/h8-11,13,23H,6-7,12H2,1-5H3,(H,28,31,33). The summed E-state index contributed by atoms with van der Waals surface area (Å²) >= 11 is 0. The van der Waals surface area contributed by atoms with Crippen LogP contribution in [-0.2, 0) is 13.1 Å². The molecule has 2 heterocycles. The van der Waals surface area contributed by atoms with Crippen LogP contribution in [0.15, 0.2) is 33.9 Å². The number of amides is 1. The first-order chi connectivity index (χ1) is 16.6. The highest BCUT2D eigenvalue weighted by Gasteiger charge is 2.23. The van der Waals surface area contributed by atoms with Gasteiger partial charge >= 0.3 is 12.3 Å². The molecule has 0 saturated carbocycles. The maximum absolute atomic E-state index is 13.5. The van der Waals surface area contributed by atoms with Gasteiger partial charge in [-0.15, -0.1) is 0 Å². The van der Waals surface area contributed by atoms with Crippen LogP contribution >= 0.6 is 0 Å². The summed E-state index contributed by atoms with van der Waals surface area (Å²) in [6.45, 7) is 4.84. The van der Waals surface area contributed by atoms with Crippen molar-refractivity contribution in [2.75, 3.05) is 13.7 Å². The van der Waals surface area contributed by atoms with E-state index in [9.17, 15) is 23.2 Å². The summed E-state index contributed by atoms with van der Waals surface area (Å²) in [6.07, 6.45) is 0. The number of aromatic amines is 1. The molecule has 0 saturated heterocycles. The average Bonchev–Trinajstić information content (AvgIpc) is 2.79. The van der Waals surface area contributed by atoms with Crippen LogP contribution in [0.3, 0.4) is 0 Å². The fraction of sp³-hybridized carbons (Fsp3) is 0.417. The van der Waals surface area contributed by atoms with E-state index in [-0.39, 0.29) is 53.7 Å². The number of fused-ring (bicyclic) bond motifs is 1. The number of carbonyl (C=O) groups excluding carboxylic acids is 1. The summed E-state index contributed by atoms with van der Waals surface area (Å²) in [5.74, 6) is -0.500. The molecule has 0 radical (unpaired) electrons. The van der Waals surface area contributed by atoms with E-state index in [0.29, 0.717) is 11.3 Å². The molecule has 1 N–H and O–H groups in total. The van der Waals surface area contributed by atoms with E-state index in [4.69, 9.17) is 4.74 Å². The van der Waals surface area contributed by atoms with Gasteiger partial charge in [-0.3, -0.25) is 19.1 Å². The monoisotopic (exact) mass is 490 g/mol. The van der Waals surface area contributed by atoms with Gasteiger partial charge in [0.15, 0.2) is 17.1 Å². The normalized spacial score (nSPS) is 11.3. The molecule has 3 aromatic rings. The van der Waals surface area contributed by atoms with Gasteiger partial charge in [0.1, 0.15) is 0 Å². The molecule has 0 unspecified atom stereocenters. The van der Waals surface area contributed by atoms with Crippen molar-refractivity contribution in [2.45, 2.75) is 53.3 Å². The summed E-state index contributed by atoms with van der Waals surface area (Å²) in [6, 6.07) is 6.00. The molecule has 0 fully saturated rings. The molecule has 0 aliphatic carbocycles. The number of pyridine rings is 1. The van der Waals surface area contributed by atoms with Crippen LogP contribution in [0.1, 0.15) is 55.2 Å². The summed E-state index contributed by atoms with van der Waals surface area (Å²) in [5.41, 5.74) is 0.145. The molecule has 188 valence electrons. The van der Waals surface area contributed by atoms with Gasteiger partial charge in [0.25, 0.3) is 11.5 Å². The van der Waals surface area contributed by atoms with Crippen molar-refractivity contribution < 1.29 is 23.0 Å². The van der Waals surface area contributed by atoms with Crippen LogP contribution in [0.4, 0.5) is 8.78 Å². The van der Waals surface area contributed by atoms with Crippen LogP contribution in [0, 0.1) is 0 Å². The SMILES string of the molecule is CCOc1cc(CN(C)C(=O)c2cc(C(C)C)nc3c2c(=O)[nH]c(=O)n3CC)ccc1OC(F)F. The fourth-order valence-electron chi connectivity index (χ4n) is 3.71. The maximum atomic E-state index is 13.5. The van der Waals surface area contributed by atoms with Crippen molar-refractivity contribution in [2.24, 2.45) is 0 Å². The van der Waals surface area contributed by atoms with Gasteiger partial charge in [0, 0.05) is 25.8 Å². The molecule has 35 heavy (non-hydrogen) atoms. The molecular formula is C24H28F2N4O5. The Labute approximate surface area is 200 Å². The van der Waals surface area contributed by atoms with Crippen molar-refractivity contribution in [1.29, 1.82) is 0 Å². The predicted molar refractivity (Wildman–Crippen MR) is 126 cm³/mol. The van der Waals surface area contributed by atoms with Gasteiger partial charge in [-0.25, -0.2) is 9.78 Å². The highest BCUT2D eigenvalue weighted by atomic mass is 19.3. The molecule has 0 bridgehead atoms. The van der Waals surface area contributed by atoms with Gasteiger partial charge in [-0.05, 0) is 43.5 Å². The molecule has 0 aliphatic heterocycles. The highest BCUT2D eigenvalue weighted by Crippen LogP contribution is 2.30. The second kappa shape index (κ2) is 10.7. The molecule has 0 aliphatic rings. The number of carbonyl (C=O) groups is 1. The Morgan fingerprint density at radius 3 is 2.49 bits per heavy atom. The van der Waals surface area contributed by atoms with E-state index in [2.05, 4.69) is 14.7 Å². The van der Waals surface area contributed by atoms with E-state index in [1.165, 1.54) is 21.6 Å². The van der Waals surface area contributed by atoms with E-state index < -0.39 is 23.8 Å². The molecule has 0 atom stereocenters. The quantitative estimate of drug-likeness (QED) is 0.492. The number of nitrogens with zero attached hydrogens (tertiary/aromatic N) is 3. The van der Waals surface area contributed by atoms with Gasteiger partial charge in [-0.2, -0.15) is 8.78 Å². The smallest absolute Gasteiger partial charge is 0.387 e. The third-order valence-electron chi connectivity index (χ3n) is 5.40. The summed E-state index contributed by atoms with van der Waals surface area (Å²) < 4.78 is 36.6. The third-order valence-corrected chi connectivity index (χ3v) is 5.40. The lowest BCUT2D eigenvalue weighted by molar-refractivity contribution is -0.0514. The van der Waals surface area contributed by atoms with Crippen LogP contribution in [-0.4, -0.2) is 45.6 Å². The zero-order chi connectivity index (χ0) is 25.9. The summed E-state index contributed by atoms with van der Waals surface area (Å²) in [4.78, 5) is 46.7. The van der Waals surface area contributed by atoms with Crippen LogP contribution < -0.4 is 20.7 Å². The van der Waals surface area contributed by atoms with Crippen molar-refractivity contribution in [3.8, 4) is 11.5 Å². The minimum absolute atomic E-state index is 0.0309. The first-order valence-electron chi connectivity index (χ1n) is 11.2. The Kier molecular flexibility index (Phi) is 7.88. The van der Waals surface area contributed by atoms with Gasteiger partial charge < -0.3 is 14.4 Å². The number of ether oxygens (including phenoxy) is 2. The lowest BCUT2D eigenvalue weighted by atomic mass is 10.0. The Morgan fingerprint density at radius 1 is 1.17 bits per heavy atom. The first-order valence-corrected chi connectivity index (χ1v) is 11.2. The Balaban J connectivity index is 2.05. The number of nitrogens with one attached hydrogen (secondary N) is 1. The molecule has 9 nitrogen and oxygen atoms in total. The number of H-pyrrole nitrogens is 1. The Bertz CT molecular complexity index is 1350. The van der Waals surface area contributed by atoms with Gasteiger partial charge in [0.05, 0.1) is 17.6 Å². The fourth-order valence-corrected chi connectivity index (χ4v) is 3.71. The van der Waals surface area contributed by atoms with E-state index in [0.717, 1.165) is 0 Å². The van der Waals surface area contributed by atoms with Crippen molar-refractivity contribution in [3.05, 3.63) is 61.9 Å². The lowest BCUT2D eigenvalue weighted by Crippen LogP contribution is -2.33. The number of alkyl halides is 2. The topological polar surface area (TPSA) is 107 Å². The average molecular weight is 491 g/mol. The first kappa shape index (κ1) is 25.9. The van der Waals surface area contributed by atoms with Crippen molar-refractivity contribution >= 4 is 16.9 Å². The van der Waals surface area contributed by atoms with Crippen molar-refractivity contribution in [1.82, 2.24) is 19.4 Å². The summed E-state index contributed by atoms with van der Waals surface area (Å²) in [7, 11) is 1.55. The zero-order valence-electron chi connectivity index (χ0n) is 20.2. The minimum atomic E-state index is -3.00. The van der Waals surface area contributed by atoms with E-state index >= 15 is 0 Å². The third kappa shape index (κ3) is 5.50.